The van der Waals surface area contributed by atoms with E-state index >= 15 is 0 Å². The Kier molecular flexibility index (Phi) is 5.87. The lowest BCUT2D eigenvalue weighted by atomic mass is 10.0. The number of imidazole rings is 1. The number of aromatic nitrogens is 2. The standard InChI is InChI=1S/C15H26N4.ClH/c1-18-10-8-17-15(18)14-12-16-7-11-19(14)9-6-13-4-2-3-5-13;/h8,10,13-14,16H,2-7,9,11-12H2,1H3;1H. The van der Waals surface area contributed by atoms with Gasteiger partial charge in [0.25, 0.3) is 0 Å². The Balaban J connectivity index is 0.00000147. The Morgan fingerprint density at radius 1 is 1.35 bits per heavy atom. The van der Waals surface area contributed by atoms with Gasteiger partial charge < -0.3 is 9.88 Å². The molecule has 114 valence electrons. The summed E-state index contributed by atoms with van der Waals surface area (Å²) in [6.07, 6.45) is 11.2. The maximum Gasteiger partial charge on any atom is 0.127 e. The molecule has 0 spiro atoms. The van der Waals surface area contributed by atoms with Crippen LogP contribution in [0, 0.1) is 5.92 Å². The number of aryl methyl sites for hydroxylation is 1. The zero-order chi connectivity index (χ0) is 13.1. The quantitative estimate of drug-likeness (QED) is 0.926. The molecule has 1 saturated carbocycles. The minimum absolute atomic E-state index is 0. The molecule has 1 aromatic rings. The third-order valence-corrected chi connectivity index (χ3v) is 4.81. The van der Waals surface area contributed by atoms with Crippen molar-refractivity contribution in [3.63, 3.8) is 0 Å². The molecule has 1 aliphatic heterocycles. The fraction of sp³-hybridized carbons (Fsp3) is 0.800. The van der Waals surface area contributed by atoms with E-state index in [-0.39, 0.29) is 12.4 Å². The van der Waals surface area contributed by atoms with Gasteiger partial charge in [0.05, 0.1) is 6.04 Å². The number of halogens is 1. The van der Waals surface area contributed by atoms with E-state index in [0.717, 1.165) is 25.6 Å². The van der Waals surface area contributed by atoms with E-state index in [1.807, 2.05) is 6.20 Å². The van der Waals surface area contributed by atoms with Crippen LogP contribution in [0.15, 0.2) is 12.4 Å². The van der Waals surface area contributed by atoms with Gasteiger partial charge in [0.1, 0.15) is 5.82 Å². The predicted octanol–water partition coefficient (Wildman–Crippen LogP) is 2.37. The lowest BCUT2D eigenvalue weighted by molar-refractivity contribution is 0.143. The van der Waals surface area contributed by atoms with Gasteiger partial charge in [0, 0.05) is 39.1 Å². The van der Waals surface area contributed by atoms with Crippen molar-refractivity contribution in [2.45, 2.75) is 38.1 Å². The van der Waals surface area contributed by atoms with E-state index in [9.17, 15) is 0 Å². The van der Waals surface area contributed by atoms with Crippen LogP contribution >= 0.6 is 12.4 Å². The molecule has 1 aromatic heterocycles. The van der Waals surface area contributed by atoms with Crippen molar-refractivity contribution in [2.75, 3.05) is 26.2 Å². The van der Waals surface area contributed by atoms with Crippen LogP contribution in [0.1, 0.15) is 44.0 Å². The summed E-state index contributed by atoms with van der Waals surface area (Å²) in [6, 6.07) is 0.454. The molecule has 1 unspecified atom stereocenters. The maximum atomic E-state index is 4.55. The Morgan fingerprint density at radius 2 is 2.15 bits per heavy atom. The number of nitrogens with zero attached hydrogens (tertiary/aromatic N) is 3. The van der Waals surface area contributed by atoms with Crippen molar-refractivity contribution in [2.24, 2.45) is 13.0 Å². The molecule has 2 aliphatic rings. The first-order chi connectivity index (χ1) is 9.34. The second-order valence-electron chi connectivity index (χ2n) is 6.09. The van der Waals surface area contributed by atoms with Crippen LogP contribution in [-0.2, 0) is 7.05 Å². The molecule has 1 N–H and O–H groups in total. The normalized spacial score (nSPS) is 24.8. The smallest absolute Gasteiger partial charge is 0.127 e. The molecule has 0 bridgehead atoms. The zero-order valence-corrected chi connectivity index (χ0v) is 13.2. The highest BCUT2D eigenvalue weighted by molar-refractivity contribution is 5.85. The van der Waals surface area contributed by atoms with E-state index in [1.54, 1.807) is 0 Å². The fourth-order valence-corrected chi connectivity index (χ4v) is 3.61. The van der Waals surface area contributed by atoms with E-state index in [4.69, 9.17) is 0 Å². The van der Waals surface area contributed by atoms with Gasteiger partial charge >= 0.3 is 0 Å². The van der Waals surface area contributed by atoms with Crippen molar-refractivity contribution in [1.29, 1.82) is 0 Å². The number of piperazine rings is 1. The number of nitrogens with one attached hydrogen (secondary N) is 1. The van der Waals surface area contributed by atoms with E-state index < -0.39 is 0 Å². The molecule has 1 aliphatic carbocycles. The van der Waals surface area contributed by atoms with Gasteiger partial charge in [-0.25, -0.2) is 4.98 Å². The van der Waals surface area contributed by atoms with Crippen LogP contribution < -0.4 is 5.32 Å². The first-order valence-corrected chi connectivity index (χ1v) is 7.76. The monoisotopic (exact) mass is 298 g/mol. The number of hydrogen-bond acceptors (Lipinski definition) is 3. The van der Waals surface area contributed by atoms with Gasteiger partial charge in [-0.1, -0.05) is 25.7 Å². The summed E-state index contributed by atoms with van der Waals surface area (Å²) in [6.45, 7) is 4.55. The summed E-state index contributed by atoms with van der Waals surface area (Å²) in [4.78, 5) is 7.19. The zero-order valence-electron chi connectivity index (χ0n) is 12.4. The summed E-state index contributed by atoms with van der Waals surface area (Å²) in [5.41, 5.74) is 0. The summed E-state index contributed by atoms with van der Waals surface area (Å²) in [5.74, 6) is 2.19. The van der Waals surface area contributed by atoms with Gasteiger partial charge in [-0.05, 0) is 18.9 Å². The molecule has 1 atom stereocenters. The Hall–Kier alpha value is -0.580. The van der Waals surface area contributed by atoms with Crippen LogP contribution in [0.3, 0.4) is 0 Å². The molecular weight excluding hydrogens is 272 g/mol. The summed E-state index contributed by atoms with van der Waals surface area (Å²) in [7, 11) is 2.10. The summed E-state index contributed by atoms with van der Waals surface area (Å²) in [5, 5.41) is 3.51. The second-order valence-corrected chi connectivity index (χ2v) is 6.09. The average Bonchev–Trinajstić information content (AvgIpc) is 3.08. The molecule has 0 aromatic carbocycles. The first-order valence-electron chi connectivity index (χ1n) is 7.76. The van der Waals surface area contributed by atoms with Crippen LogP contribution in [0.25, 0.3) is 0 Å². The van der Waals surface area contributed by atoms with Gasteiger partial charge in [-0.3, -0.25) is 4.90 Å². The fourth-order valence-electron chi connectivity index (χ4n) is 3.61. The maximum absolute atomic E-state index is 4.55. The van der Waals surface area contributed by atoms with E-state index in [2.05, 4.69) is 33.0 Å². The molecule has 2 heterocycles. The Bertz CT molecular complexity index is 400. The first kappa shape index (κ1) is 15.8. The van der Waals surface area contributed by atoms with Crippen LogP contribution in [0.4, 0.5) is 0 Å². The summed E-state index contributed by atoms with van der Waals surface area (Å²) < 4.78 is 2.17. The molecular formula is C15H27ClN4. The van der Waals surface area contributed by atoms with Crippen molar-refractivity contribution < 1.29 is 0 Å². The highest BCUT2D eigenvalue weighted by Crippen LogP contribution is 2.29. The third kappa shape index (κ3) is 3.54. The largest absolute Gasteiger partial charge is 0.337 e. The molecule has 5 heteroatoms. The van der Waals surface area contributed by atoms with Crippen molar-refractivity contribution >= 4 is 12.4 Å². The highest BCUT2D eigenvalue weighted by atomic mass is 35.5. The van der Waals surface area contributed by atoms with E-state index in [0.29, 0.717) is 6.04 Å². The molecule has 3 rings (SSSR count). The minimum Gasteiger partial charge on any atom is -0.337 e. The SMILES string of the molecule is Cl.Cn1ccnc1C1CNCCN1CCC1CCCC1. The minimum atomic E-state index is 0. The van der Waals surface area contributed by atoms with Gasteiger partial charge in [-0.15, -0.1) is 12.4 Å². The van der Waals surface area contributed by atoms with Crippen LogP contribution in [-0.4, -0.2) is 40.6 Å². The van der Waals surface area contributed by atoms with Crippen LogP contribution in [0.2, 0.25) is 0 Å². The molecule has 1 saturated heterocycles. The van der Waals surface area contributed by atoms with Crippen molar-refractivity contribution in [3.05, 3.63) is 18.2 Å². The Morgan fingerprint density at radius 3 is 2.85 bits per heavy atom. The summed E-state index contributed by atoms with van der Waals surface area (Å²) >= 11 is 0. The van der Waals surface area contributed by atoms with Gasteiger partial charge in [0.15, 0.2) is 0 Å². The van der Waals surface area contributed by atoms with Gasteiger partial charge in [-0.2, -0.15) is 0 Å². The highest BCUT2D eigenvalue weighted by Gasteiger charge is 2.27. The Labute approximate surface area is 128 Å². The molecule has 4 nitrogen and oxygen atoms in total. The topological polar surface area (TPSA) is 33.1 Å². The molecule has 0 radical (unpaired) electrons. The lowest BCUT2D eigenvalue weighted by Crippen LogP contribution is -2.47. The van der Waals surface area contributed by atoms with Crippen molar-refractivity contribution in [3.8, 4) is 0 Å². The average molecular weight is 299 g/mol. The second kappa shape index (κ2) is 7.43. The predicted molar refractivity (Wildman–Crippen MR) is 84.2 cm³/mol. The molecule has 20 heavy (non-hydrogen) atoms. The van der Waals surface area contributed by atoms with Crippen LogP contribution in [0.5, 0.6) is 0 Å². The number of hydrogen-bond donors (Lipinski definition) is 1. The van der Waals surface area contributed by atoms with Gasteiger partial charge in [0.2, 0.25) is 0 Å². The van der Waals surface area contributed by atoms with Crippen molar-refractivity contribution in [1.82, 2.24) is 19.8 Å². The lowest BCUT2D eigenvalue weighted by Gasteiger charge is -2.36. The molecule has 0 amide bonds. The molecule has 2 fully saturated rings. The third-order valence-electron chi connectivity index (χ3n) is 4.81. The van der Waals surface area contributed by atoms with E-state index in [1.165, 1.54) is 44.5 Å². The number of rotatable bonds is 4.